The van der Waals surface area contributed by atoms with Crippen LogP contribution in [-0.2, 0) is 17.2 Å². The summed E-state index contributed by atoms with van der Waals surface area (Å²) in [4.78, 5) is 13.0. The average Bonchev–Trinajstić information content (AvgIpc) is 2.83. The highest BCUT2D eigenvalue weighted by Crippen LogP contribution is 2.30. The van der Waals surface area contributed by atoms with Crippen LogP contribution in [0.15, 0.2) is 54.6 Å². The second kappa shape index (κ2) is 10.2. The van der Waals surface area contributed by atoms with Crippen LogP contribution in [-0.4, -0.2) is 31.6 Å². The summed E-state index contributed by atoms with van der Waals surface area (Å²) < 4.78 is 113. The first-order chi connectivity index (χ1) is 17.2. The molecule has 7 nitrogen and oxygen atoms in total. The zero-order chi connectivity index (χ0) is 27.7. The molecule has 0 aliphatic heterocycles. The highest BCUT2D eigenvalue weighted by molar-refractivity contribution is 7.86. The van der Waals surface area contributed by atoms with Gasteiger partial charge >= 0.3 is 11.5 Å². The summed E-state index contributed by atoms with van der Waals surface area (Å²) in [5.74, 6) is -5.54. The number of fused-ring (bicyclic) bond motifs is 2. The number of methoxy groups -OCH3 is 1. The lowest BCUT2D eigenvalue weighted by Gasteiger charge is -2.12. The summed E-state index contributed by atoms with van der Waals surface area (Å²) in [7, 11) is -2.75. The van der Waals surface area contributed by atoms with Crippen molar-refractivity contribution in [3.05, 3.63) is 77.6 Å². The number of rotatable bonds is 3. The molecule has 196 valence electrons. The van der Waals surface area contributed by atoms with E-state index in [1.54, 1.807) is 42.5 Å². The number of para-hydroxylation sites is 1. The highest BCUT2D eigenvalue weighted by Gasteiger charge is 2.37. The number of alkyl halides is 3. The van der Waals surface area contributed by atoms with E-state index in [4.69, 9.17) is 22.4 Å². The Balaban J connectivity index is 0.000000414. The number of ether oxygens (including phenoxy) is 2. The van der Waals surface area contributed by atoms with E-state index in [9.17, 15) is 31.1 Å². The van der Waals surface area contributed by atoms with Crippen LogP contribution in [0.3, 0.4) is 0 Å². The van der Waals surface area contributed by atoms with Crippen molar-refractivity contribution in [2.24, 2.45) is 7.05 Å². The first-order valence-electron chi connectivity index (χ1n) is 9.93. The van der Waals surface area contributed by atoms with E-state index in [1.165, 1.54) is 7.11 Å². The SMILES string of the molecule is COc1ccc2c(C(=O)Oc3c(F)ccc(F)c3F)c3ccccc3[n+](C)c2c1.O=S(=O)([O-])C(F)(F)F. The zero-order valence-electron chi connectivity index (χ0n) is 18.8. The van der Waals surface area contributed by atoms with Crippen LogP contribution in [0.5, 0.6) is 11.5 Å². The molecule has 0 saturated heterocycles. The maximum Gasteiger partial charge on any atom is 0.485 e. The molecule has 0 aliphatic carbocycles. The number of hydrogen-bond acceptors (Lipinski definition) is 6. The number of aromatic nitrogens is 1. The Morgan fingerprint density at radius 3 is 2.08 bits per heavy atom. The lowest BCUT2D eigenvalue weighted by molar-refractivity contribution is -0.617. The molecular weight excluding hydrogens is 532 g/mol. The van der Waals surface area contributed by atoms with Crippen LogP contribution >= 0.6 is 0 Å². The van der Waals surface area contributed by atoms with E-state index < -0.39 is 44.8 Å². The lowest BCUT2D eigenvalue weighted by atomic mass is 10.0. The third kappa shape index (κ3) is 5.59. The molecule has 0 radical (unpaired) electrons. The summed E-state index contributed by atoms with van der Waals surface area (Å²) in [6, 6.07) is 13.4. The minimum absolute atomic E-state index is 0.111. The number of pyridine rings is 1. The van der Waals surface area contributed by atoms with Crippen LogP contribution in [0.4, 0.5) is 26.3 Å². The third-order valence-corrected chi connectivity index (χ3v) is 5.62. The summed E-state index contributed by atoms with van der Waals surface area (Å²) in [5, 5.41) is 1.02. The first-order valence-corrected chi connectivity index (χ1v) is 11.3. The van der Waals surface area contributed by atoms with Crippen LogP contribution in [0.25, 0.3) is 21.8 Å². The van der Waals surface area contributed by atoms with Crippen molar-refractivity contribution in [3.63, 3.8) is 0 Å². The molecule has 0 atom stereocenters. The number of carbonyl (C=O) groups is 1. The van der Waals surface area contributed by atoms with E-state index in [1.807, 2.05) is 11.6 Å². The number of hydrogen-bond donors (Lipinski definition) is 0. The van der Waals surface area contributed by atoms with Crippen LogP contribution in [0, 0.1) is 17.5 Å². The molecule has 4 aromatic rings. The predicted octanol–water partition coefficient (Wildman–Crippen LogP) is 4.51. The fourth-order valence-corrected chi connectivity index (χ4v) is 3.35. The van der Waals surface area contributed by atoms with Gasteiger partial charge in [0.2, 0.25) is 22.6 Å². The number of esters is 1. The predicted molar refractivity (Wildman–Crippen MR) is 116 cm³/mol. The molecule has 0 spiro atoms. The Morgan fingerprint density at radius 2 is 1.49 bits per heavy atom. The van der Waals surface area contributed by atoms with Crippen molar-refractivity contribution in [1.82, 2.24) is 0 Å². The maximum absolute atomic E-state index is 14.0. The number of benzene rings is 3. The van der Waals surface area contributed by atoms with Crippen LogP contribution in [0.1, 0.15) is 10.4 Å². The number of nitrogens with zero attached hydrogens (tertiary/aromatic N) is 1. The minimum Gasteiger partial charge on any atom is -0.741 e. The molecule has 37 heavy (non-hydrogen) atoms. The Bertz CT molecular complexity index is 1620. The number of halogens is 6. The van der Waals surface area contributed by atoms with Crippen LogP contribution in [0.2, 0.25) is 0 Å². The molecular formula is C23H15F6NO6S. The Labute approximate surface area is 205 Å². The van der Waals surface area contributed by atoms with Crippen molar-refractivity contribution in [2.45, 2.75) is 5.51 Å². The summed E-state index contributed by atoms with van der Waals surface area (Å²) in [6.45, 7) is 0. The van der Waals surface area contributed by atoms with E-state index >= 15 is 0 Å². The topological polar surface area (TPSA) is 96.6 Å². The molecule has 0 fully saturated rings. The van der Waals surface area contributed by atoms with Crippen molar-refractivity contribution in [1.29, 1.82) is 0 Å². The molecule has 14 heteroatoms. The second-order valence-corrected chi connectivity index (χ2v) is 8.67. The molecule has 4 rings (SSSR count). The van der Waals surface area contributed by atoms with Gasteiger partial charge < -0.3 is 14.0 Å². The van der Waals surface area contributed by atoms with Crippen molar-refractivity contribution in [2.75, 3.05) is 7.11 Å². The Morgan fingerprint density at radius 1 is 0.919 bits per heavy atom. The monoisotopic (exact) mass is 547 g/mol. The summed E-state index contributed by atoms with van der Waals surface area (Å²) >= 11 is 0. The molecule has 0 saturated carbocycles. The molecule has 3 aromatic carbocycles. The van der Waals surface area contributed by atoms with Crippen molar-refractivity contribution < 1.29 is 58.1 Å². The van der Waals surface area contributed by atoms with Gasteiger partial charge in [-0.25, -0.2) is 22.0 Å². The molecule has 0 bridgehead atoms. The van der Waals surface area contributed by atoms with Gasteiger partial charge in [-0.05, 0) is 30.3 Å². The fourth-order valence-electron chi connectivity index (χ4n) is 3.35. The zero-order valence-corrected chi connectivity index (χ0v) is 19.6. The highest BCUT2D eigenvalue weighted by atomic mass is 32.2. The maximum atomic E-state index is 14.0. The fraction of sp³-hybridized carbons (Fsp3) is 0.130. The second-order valence-electron chi connectivity index (χ2n) is 7.30. The molecule has 0 aliphatic rings. The van der Waals surface area contributed by atoms with Crippen LogP contribution < -0.4 is 14.0 Å². The molecule has 0 amide bonds. The van der Waals surface area contributed by atoms with Crippen molar-refractivity contribution >= 4 is 37.9 Å². The van der Waals surface area contributed by atoms with Gasteiger partial charge in [0.25, 0.3) is 0 Å². The van der Waals surface area contributed by atoms with Gasteiger partial charge in [0.05, 0.1) is 29.5 Å². The summed E-state index contributed by atoms with van der Waals surface area (Å²) in [5.41, 5.74) is -4.19. The van der Waals surface area contributed by atoms with Gasteiger partial charge in [-0.1, -0.05) is 12.1 Å². The summed E-state index contributed by atoms with van der Waals surface area (Å²) in [6.07, 6.45) is 0. The van der Waals surface area contributed by atoms with Gasteiger partial charge in [0.15, 0.2) is 21.8 Å². The largest absolute Gasteiger partial charge is 0.741 e. The molecule has 1 heterocycles. The molecule has 0 N–H and O–H groups in total. The number of carbonyl (C=O) groups excluding carboxylic acids is 1. The van der Waals surface area contributed by atoms with Gasteiger partial charge in [0.1, 0.15) is 12.8 Å². The Hall–Kier alpha value is -3.91. The smallest absolute Gasteiger partial charge is 0.485 e. The molecule has 0 unspecified atom stereocenters. The normalized spacial score (nSPS) is 11.7. The quantitative estimate of drug-likeness (QED) is 0.0547. The molecule has 1 aromatic heterocycles. The van der Waals surface area contributed by atoms with Gasteiger partial charge in [-0.15, -0.1) is 0 Å². The van der Waals surface area contributed by atoms with E-state index in [-0.39, 0.29) is 5.56 Å². The number of aryl methyl sites for hydroxylation is 1. The van der Waals surface area contributed by atoms with E-state index in [2.05, 4.69) is 0 Å². The van der Waals surface area contributed by atoms with Gasteiger partial charge in [-0.3, -0.25) is 0 Å². The van der Waals surface area contributed by atoms with E-state index in [0.717, 1.165) is 0 Å². The van der Waals surface area contributed by atoms with Gasteiger partial charge in [0, 0.05) is 6.07 Å². The standard InChI is InChI=1S/C22H15F3NO3.CHF3O3S/c1-26-17-6-4-3-5-13(17)19(14-8-7-12(28-2)11-18(14)26)22(27)29-21-16(24)10-9-15(23)20(21)25;2-1(3,4)8(5,6)7/h3-11H,1-2H3;(H,5,6,7)/q+1;/p-1. The van der Waals surface area contributed by atoms with Gasteiger partial charge in [-0.2, -0.15) is 22.1 Å². The Kier molecular flexibility index (Phi) is 7.64. The van der Waals surface area contributed by atoms with Crippen molar-refractivity contribution in [3.8, 4) is 11.5 Å². The van der Waals surface area contributed by atoms with E-state index in [0.29, 0.717) is 39.7 Å². The minimum atomic E-state index is -6.09. The third-order valence-electron chi connectivity index (χ3n) is 5.05. The first kappa shape index (κ1) is 27.7. The average molecular weight is 547 g/mol. The lowest BCUT2D eigenvalue weighted by Crippen LogP contribution is -2.31.